The van der Waals surface area contributed by atoms with Crippen LogP contribution in [0, 0.1) is 5.92 Å². The Bertz CT molecular complexity index is 995. The average Bonchev–Trinajstić information content (AvgIpc) is 3.38. The van der Waals surface area contributed by atoms with E-state index in [0.29, 0.717) is 51.1 Å². The van der Waals surface area contributed by atoms with Crippen molar-refractivity contribution in [2.45, 2.75) is 43.0 Å². The molecule has 166 valence electrons. The molecule has 3 saturated heterocycles. The van der Waals surface area contributed by atoms with Gasteiger partial charge in [0.1, 0.15) is 0 Å². The van der Waals surface area contributed by atoms with Gasteiger partial charge in [-0.1, -0.05) is 6.07 Å². The standard InChI is InChI=1S/C20H29N3O5S2/c24-20(16-6-11-22(12-7-16)18-8-13-29(25,26)15-18)21-17-4-3-5-19(14-17)30(27,28)23-9-1-2-10-23/h3-5,14,16,18H,1-2,6-13,15H2,(H,21,24)/t18-/m1/s1. The number of hydrogen-bond donors (Lipinski definition) is 1. The molecule has 0 saturated carbocycles. The highest BCUT2D eigenvalue weighted by Gasteiger charge is 2.35. The molecule has 0 aliphatic carbocycles. The summed E-state index contributed by atoms with van der Waals surface area (Å²) in [5.41, 5.74) is 0.490. The number of carbonyl (C=O) groups excluding carboxylic acids is 1. The molecule has 0 radical (unpaired) electrons. The molecule has 1 N–H and O–H groups in total. The maximum Gasteiger partial charge on any atom is 0.243 e. The molecule has 8 nitrogen and oxygen atoms in total. The second-order valence-electron chi connectivity index (χ2n) is 8.50. The maximum atomic E-state index is 12.7. The van der Waals surface area contributed by atoms with Crippen molar-refractivity contribution in [2.75, 3.05) is 43.0 Å². The van der Waals surface area contributed by atoms with Gasteiger partial charge >= 0.3 is 0 Å². The van der Waals surface area contributed by atoms with Gasteiger partial charge in [-0.3, -0.25) is 9.69 Å². The third-order valence-corrected chi connectivity index (χ3v) is 10.1. The summed E-state index contributed by atoms with van der Waals surface area (Å²) in [4.78, 5) is 15.1. The number of nitrogens with zero attached hydrogens (tertiary/aromatic N) is 2. The lowest BCUT2D eigenvalue weighted by Gasteiger charge is -2.34. The van der Waals surface area contributed by atoms with Crippen LogP contribution < -0.4 is 5.32 Å². The molecule has 1 amide bonds. The van der Waals surface area contributed by atoms with Crippen LogP contribution in [0.5, 0.6) is 0 Å². The van der Waals surface area contributed by atoms with Crippen molar-refractivity contribution in [1.29, 1.82) is 0 Å². The predicted octanol–water partition coefficient (Wildman–Crippen LogP) is 1.31. The number of sulfone groups is 1. The Hall–Kier alpha value is -1.49. The van der Waals surface area contributed by atoms with Crippen molar-refractivity contribution in [2.24, 2.45) is 5.92 Å². The van der Waals surface area contributed by atoms with E-state index in [1.165, 1.54) is 10.4 Å². The first-order valence-electron chi connectivity index (χ1n) is 10.6. The van der Waals surface area contributed by atoms with E-state index < -0.39 is 19.9 Å². The van der Waals surface area contributed by atoms with Gasteiger partial charge in [0, 0.05) is 30.7 Å². The number of hydrogen-bond acceptors (Lipinski definition) is 6. The number of amides is 1. The smallest absolute Gasteiger partial charge is 0.243 e. The number of sulfonamides is 1. The van der Waals surface area contributed by atoms with Gasteiger partial charge in [-0.2, -0.15) is 4.31 Å². The summed E-state index contributed by atoms with van der Waals surface area (Å²) in [7, 11) is -6.43. The number of likely N-dealkylation sites (tertiary alicyclic amines) is 1. The van der Waals surface area contributed by atoms with Crippen LogP contribution in [0.15, 0.2) is 29.2 Å². The number of piperidine rings is 1. The van der Waals surface area contributed by atoms with Gasteiger partial charge in [-0.05, 0) is 63.4 Å². The van der Waals surface area contributed by atoms with Gasteiger partial charge in [-0.15, -0.1) is 0 Å². The third-order valence-electron chi connectivity index (χ3n) is 6.43. The Morgan fingerprint density at radius 1 is 1.03 bits per heavy atom. The van der Waals surface area contributed by atoms with Gasteiger partial charge in [0.25, 0.3) is 0 Å². The lowest BCUT2D eigenvalue weighted by atomic mass is 9.94. The first-order chi connectivity index (χ1) is 14.2. The first kappa shape index (κ1) is 21.7. The summed E-state index contributed by atoms with van der Waals surface area (Å²) in [5.74, 6) is 0.221. The van der Waals surface area contributed by atoms with Crippen molar-refractivity contribution in [3.63, 3.8) is 0 Å². The second-order valence-corrected chi connectivity index (χ2v) is 12.7. The molecule has 0 aromatic heterocycles. The van der Waals surface area contributed by atoms with Gasteiger partial charge in [-0.25, -0.2) is 16.8 Å². The minimum Gasteiger partial charge on any atom is -0.326 e. The van der Waals surface area contributed by atoms with Crippen LogP contribution in [0.3, 0.4) is 0 Å². The highest BCUT2D eigenvalue weighted by Crippen LogP contribution is 2.27. The molecule has 3 aliphatic rings. The molecule has 1 aromatic rings. The van der Waals surface area contributed by atoms with Gasteiger partial charge in [0.15, 0.2) is 9.84 Å². The number of anilines is 1. The maximum absolute atomic E-state index is 12.7. The first-order valence-corrected chi connectivity index (χ1v) is 13.9. The summed E-state index contributed by atoms with van der Waals surface area (Å²) < 4.78 is 50.4. The van der Waals surface area contributed by atoms with Gasteiger partial charge in [0.2, 0.25) is 15.9 Å². The number of rotatable bonds is 5. The van der Waals surface area contributed by atoms with E-state index in [-0.39, 0.29) is 34.3 Å². The van der Waals surface area contributed by atoms with Crippen LogP contribution >= 0.6 is 0 Å². The molecule has 0 unspecified atom stereocenters. The van der Waals surface area contributed by atoms with Crippen molar-refractivity contribution in [1.82, 2.24) is 9.21 Å². The van der Waals surface area contributed by atoms with E-state index in [2.05, 4.69) is 10.2 Å². The number of carbonyl (C=O) groups is 1. The van der Waals surface area contributed by atoms with E-state index in [0.717, 1.165) is 12.8 Å². The van der Waals surface area contributed by atoms with E-state index in [9.17, 15) is 21.6 Å². The van der Waals surface area contributed by atoms with Crippen molar-refractivity contribution in [3.8, 4) is 0 Å². The van der Waals surface area contributed by atoms with Crippen LogP contribution in [0.1, 0.15) is 32.1 Å². The molecule has 3 aliphatic heterocycles. The highest BCUT2D eigenvalue weighted by molar-refractivity contribution is 7.91. The van der Waals surface area contributed by atoms with E-state index in [4.69, 9.17) is 0 Å². The summed E-state index contributed by atoms with van der Waals surface area (Å²) in [6.45, 7) is 2.50. The molecule has 10 heteroatoms. The fourth-order valence-electron chi connectivity index (χ4n) is 4.65. The lowest BCUT2D eigenvalue weighted by molar-refractivity contribution is -0.121. The van der Waals surface area contributed by atoms with Crippen LogP contribution in [0.2, 0.25) is 0 Å². The minimum atomic E-state index is -3.52. The summed E-state index contributed by atoms with van der Waals surface area (Å²) in [6, 6.07) is 6.54. The lowest BCUT2D eigenvalue weighted by Crippen LogP contribution is -2.44. The third kappa shape index (κ3) is 4.71. The second kappa shape index (κ2) is 8.57. The molecular weight excluding hydrogens is 426 g/mol. The summed E-state index contributed by atoms with van der Waals surface area (Å²) in [5, 5.41) is 2.88. The van der Waals surface area contributed by atoms with E-state index >= 15 is 0 Å². The SMILES string of the molecule is O=C(Nc1cccc(S(=O)(=O)N2CCCC2)c1)C1CCN([C@@H]2CCS(=O)(=O)C2)CC1. The topological polar surface area (TPSA) is 104 Å². The zero-order chi connectivity index (χ0) is 21.4. The Morgan fingerprint density at radius 3 is 2.37 bits per heavy atom. The Morgan fingerprint density at radius 2 is 1.73 bits per heavy atom. The zero-order valence-electron chi connectivity index (χ0n) is 17.0. The molecular formula is C20H29N3O5S2. The highest BCUT2D eigenvalue weighted by atomic mass is 32.2. The number of benzene rings is 1. The molecule has 4 rings (SSSR count). The van der Waals surface area contributed by atoms with E-state index in [1.807, 2.05) is 0 Å². The van der Waals surface area contributed by atoms with Crippen molar-refractivity contribution < 1.29 is 21.6 Å². The molecule has 0 bridgehead atoms. The van der Waals surface area contributed by atoms with Crippen molar-refractivity contribution in [3.05, 3.63) is 24.3 Å². The van der Waals surface area contributed by atoms with Gasteiger partial charge < -0.3 is 5.32 Å². The van der Waals surface area contributed by atoms with E-state index in [1.54, 1.807) is 18.2 Å². The fraction of sp³-hybridized carbons (Fsp3) is 0.650. The molecule has 30 heavy (non-hydrogen) atoms. The quantitative estimate of drug-likeness (QED) is 0.718. The minimum absolute atomic E-state index is 0.0755. The van der Waals surface area contributed by atoms with Crippen LogP contribution in [0.25, 0.3) is 0 Å². The number of nitrogens with one attached hydrogen (secondary N) is 1. The largest absolute Gasteiger partial charge is 0.326 e. The monoisotopic (exact) mass is 455 g/mol. The van der Waals surface area contributed by atoms with Crippen LogP contribution in [0.4, 0.5) is 5.69 Å². The van der Waals surface area contributed by atoms with Gasteiger partial charge in [0.05, 0.1) is 16.4 Å². The molecule has 1 aromatic carbocycles. The Kier molecular flexibility index (Phi) is 6.20. The normalized spacial score (nSPS) is 26.1. The molecule has 3 fully saturated rings. The summed E-state index contributed by atoms with van der Waals surface area (Å²) in [6.07, 6.45) is 3.78. The summed E-state index contributed by atoms with van der Waals surface area (Å²) >= 11 is 0. The molecule has 3 heterocycles. The molecule has 1 atom stereocenters. The Labute approximate surface area is 178 Å². The molecule has 0 spiro atoms. The van der Waals surface area contributed by atoms with Crippen LogP contribution in [-0.4, -0.2) is 75.7 Å². The average molecular weight is 456 g/mol. The van der Waals surface area contributed by atoms with Crippen molar-refractivity contribution >= 4 is 31.5 Å². The predicted molar refractivity (Wildman–Crippen MR) is 114 cm³/mol. The zero-order valence-corrected chi connectivity index (χ0v) is 18.6. The van der Waals surface area contributed by atoms with Crippen LogP contribution in [-0.2, 0) is 24.7 Å². The Balaban J connectivity index is 1.35. The fourth-order valence-corrected chi connectivity index (χ4v) is 7.97.